The molecule has 3 aromatic rings. The third-order valence-corrected chi connectivity index (χ3v) is 7.64. The van der Waals surface area contributed by atoms with Crippen molar-refractivity contribution in [2.45, 2.75) is 23.9 Å². The lowest BCUT2D eigenvalue weighted by atomic mass is 9.91. The summed E-state index contributed by atoms with van der Waals surface area (Å²) in [5.74, 6) is -1.26. The van der Waals surface area contributed by atoms with Crippen LogP contribution >= 0.6 is 27.7 Å². The summed E-state index contributed by atoms with van der Waals surface area (Å²) >= 11 is 5.02. The second-order valence-electron chi connectivity index (χ2n) is 8.47. The molecular formula is C27H24BrN3O4S. The molecule has 2 fully saturated rings. The van der Waals surface area contributed by atoms with Crippen LogP contribution in [0.2, 0.25) is 0 Å². The molecule has 0 radical (unpaired) electrons. The SMILES string of the molecule is CCOc1ccc(N2C(=O)[C@@H]3[C@H](c4ccc(SC)cc4)NN(C(=O)c4cccc(Br)c4)[C@H]3C2=O)cc1. The quantitative estimate of drug-likeness (QED) is 0.340. The lowest BCUT2D eigenvalue weighted by molar-refractivity contribution is -0.123. The van der Waals surface area contributed by atoms with Crippen LogP contribution in [0.25, 0.3) is 0 Å². The van der Waals surface area contributed by atoms with Crippen molar-refractivity contribution in [2.24, 2.45) is 5.92 Å². The minimum Gasteiger partial charge on any atom is -0.494 e. The topological polar surface area (TPSA) is 79.0 Å². The fourth-order valence-corrected chi connectivity index (χ4v) is 5.54. The number of ether oxygens (including phenoxy) is 1. The number of benzene rings is 3. The van der Waals surface area contributed by atoms with Gasteiger partial charge in [0.05, 0.1) is 24.3 Å². The largest absolute Gasteiger partial charge is 0.494 e. The van der Waals surface area contributed by atoms with E-state index in [1.54, 1.807) is 54.2 Å². The monoisotopic (exact) mass is 565 g/mol. The molecule has 2 aliphatic rings. The number of carbonyl (C=O) groups excluding carboxylic acids is 3. The number of thioether (sulfide) groups is 1. The summed E-state index contributed by atoms with van der Waals surface area (Å²) in [6.07, 6.45) is 1.99. The average Bonchev–Trinajstić information content (AvgIpc) is 3.41. The Morgan fingerprint density at radius 3 is 2.39 bits per heavy atom. The standard InChI is InChI=1S/C27H24BrN3O4S/c1-3-35-20-11-9-19(10-12-20)30-26(33)22-23(16-7-13-21(36-2)14-8-16)29-31(24(22)27(30)34)25(32)17-5-4-6-18(28)15-17/h4-15,22-24,29H,3H2,1-2H3/t22-,23+,24-/m1/s1. The van der Waals surface area contributed by atoms with Crippen molar-refractivity contribution in [1.82, 2.24) is 10.4 Å². The summed E-state index contributed by atoms with van der Waals surface area (Å²) in [5.41, 5.74) is 4.90. The number of carbonyl (C=O) groups is 3. The first-order chi connectivity index (χ1) is 17.4. The maximum Gasteiger partial charge on any atom is 0.268 e. The molecule has 3 atom stereocenters. The summed E-state index contributed by atoms with van der Waals surface area (Å²) in [7, 11) is 0. The van der Waals surface area contributed by atoms with Crippen molar-refractivity contribution in [3.05, 3.63) is 88.4 Å². The summed E-state index contributed by atoms with van der Waals surface area (Å²) in [5, 5.41) is 1.33. The van der Waals surface area contributed by atoms with Gasteiger partial charge in [0.25, 0.3) is 11.8 Å². The molecule has 0 spiro atoms. The van der Waals surface area contributed by atoms with Gasteiger partial charge in [-0.05, 0) is 73.3 Å². The van der Waals surface area contributed by atoms with Crippen molar-refractivity contribution < 1.29 is 19.1 Å². The van der Waals surface area contributed by atoms with Crippen LogP contribution in [0.4, 0.5) is 5.69 Å². The zero-order chi connectivity index (χ0) is 25.4. The Morgan fingerprint density at radius 1 is 1.03 bits per heavy atom. The first-order valence-corrected chi connectivity index (χ1v) is 13.5. The van der Waals surface area contributed by atoms with Gasteiger partial charge in [-0.1, -0.05) is 34.1 Å². The minimum atomic E-state index is -0.972. The average molecular weight is 566 g/mol. The molecule has 0 aromatic heterocycles. The molecule has 9 heteroatoms. The number of imide groups is 1. The highest BCUT2D eigenvalue weighted by Gasteiger charge is 2.60. The molecule has 0 bridgehead atoms. The predicted octanol–water partition coefficient (Wildman–Crippen LogP) is 4.83. The Labute approximate surface area is 221 Å². The Kier molecular flexibility index (Phi) is 6.87. The Bertz CT molecular complexity index is 1320. The van der Waals surface area contributed by atoms with Gasteiger partial charge in [-0.15, -0.1) is 11.8 Å². The number of fused-ring (bicyclic) bond motifs is 1. The first kappa shape index (κ1) is 24.5. The van der Waals surface area contributed by atoms with E-state index >= 15 is 0 Å². The van der Waals surface area contributed by atoms with E-state index in [2.05, 4.69) is 21.4 Å². The molecule has 2 heterocycles. The third kappa shape index (κ3) is 4.31. The second kappa shape index (κ2) is 10.1. The van der Waals surface area contributed by atoms with Crippen molar-refractivity contribution in [3.63, 3.8) is 0 Å². The molecule has 0 aliphatic carbocycles. The zero-order valence-electron chi connectivity index (χ0n) is 19.7. The Hall–Kier alpha value is -3.14. The van der Waals surface area contributed by atoms with E-state index < -0.39 is 23.9 Å². The highest BCUT2D eigenvalue weighted by atomic mass is 79.9. The van der Waals surface area contributed by atoms with Gasteiger partial charge in [-0.2, -0.15) is 0 Å². The van der Waals surface area contributed by atoms with Gasteiger partial charge < -0.3 is 4.74 Å². The highest BCUT2D eigenvalue weighted by molar-refractivity contribution is 9.10. The van der Waals surface area contributed by atoms with E-state index in [0.29, 0.717) is 23.6 Å². The van der Waals surface area contributed by atoms with Crippen molar-refractivity contribution in [3.8, 4) is 5.75 Å². The molecule has 1 N–H and O–H groups in total. The van der Waals surface area contributed by atoms with Crippen LogP contribution in [0.1, 0.15) is 28.9 Å². The van der Waals surface area contributed by atoms with Gasteiger partial charge in [0, 0.05) is 14.9 Å². The first-order valence-electron chi connectivity index (χ1n) is 11.5. The summed E-state index contributed by atoms with van der Waals surface area (Å²) in [6, 6.07) is 20.1. The molecule has 36 heavy (non-hydrogen) atoms. The van der Waals surface area contributed by atoms with Gasteiger partial charge in [-0.3, -0.25) is 19.4 Å². The number of halogens is 1. The fraction of sp³-hybridized carbons (Fsp3) is 0.222. The van der Waals surface area contributed by atoms with Crippen LogP contribution in [-0.2, 0) is 9.59 Å². The molecule has 3 aromatic carbocycles. The minimum absolute atomic E-state index is 0.342. The lowest BCUT2D eigenvalue weighted by Gasteiger charge is -2.25. The van der Waals surface area contributed by atoms with Crippen LogP contribution in [0.5, 0.6) is 5.75 Å². The van der Waals surface area contributed by atoms with E-state index in [0.717, 1.165) is 14.9 Å². The number of rotatable bonds is 6. The molecule has 0 saturated carbocycles. The summed E-state index contributed by atoms with van der Waals surface area (Å²) in [6.45, 7) is 2.40. The lowest BCUT2D eigenvalue weighted by Crippen LogP contribution is -2.48. The number of hydrogen-bond donors (Lipinski definition) is 1. The number of hydrogen-bond acceptors (Lipinski definition) is 6. The van der Waals surface area contributed by atoms with Gasteiger partial charge >= 0.3 is 0 Å². The molecule has 2 saturated heterocycles. The van der Waals surface area contributed by atoms with Crippen LogP contribution < -0.4 is 15.1 Å². The van der Waals surface area contributed by atoms with Crippen LogP contribution in [0.15, 0.2) is 82.2 Å². The maximum atomic E-state index is 13.8. The van der Waals surface area contributed by atoms with Crippen molar-refractivity contribution in [2.75, 3.05) is 17.8 Å². The zero-order valence-corrected chi connectivity index (χ0v) is 22.1. The number of amides is 3. The normalized spacial score (nSPS) is 21.1. The van der Waals surface area contributed by atoms with E-state index in [1.165, 1.54) is 9.91 Å². The van der Waals surface area contributed by atoms with Crippen LogP contribution in [0.3, 0.4) is 0 Å². The smallest absolute Gasteiger partial charge is 0.268 e. The van der Waals surface area contributed by atoms with Crippen molar-refractivity contribution in [1.29, 1.82) is 0 Å². The highest BCUT2D eigenvalue weighted by Crippen LogP contribution is 2.42. The number of anilines is 1. The van der Waals surface area contributed by atoms with Crippen LogP contribution in [-0.4, -0.2) is 41.6 Å². The van der Waals surface area contributed by atoms with Crippen LogP contribution in [0, 0.1) is 5.92 Å². The number of nitrogens with one attached hydrogen (secondary N) is 1. The molecule has 184 valence electrons. The summed E-state index contributed by atoms with van der Waals surface area (Å²) < 4.78 is 6.24. The van der Waals surface area contributed by atoms with Gasteiger partial charge in [0.2, 0.25) is 5.91 Å². The molecule has 5 rings (SSSR count). The number of nitrogens with zero attached hydrogens (tertiary/aromatic N) is 2. The van der Waals surface area contributed by atoms with E-state index in [9.17, 15) is 14.4 Å². The molecule has 3 amide bonds. The van der Waals surface area contributed by atoms with Crippen molar-refractivity contribution >= 4 is 51.1 Å². The van der Waals surface area contributed by atoms with E-state index in [1.807, 2.05) is 43.5 Å². The second-order valence-corrected chi connectivity index (χ2v) is 10.3. The fourth-order valence-electron chi connectivity index (χ4n) is 4.74. The van der Waals surface area contributed by atoms with Gasteiger partial charge in [0.15, 0.2) is 0 Å². The van der Waals surface area contributed by atoms with Gasteiger partial charge in [0.1, 0.15) is 11.8 Å². The molecule has 2 aliphatic heterocycles. The molecular weight excluding hydrogens is 542 g/mol. The molecule has 0 unspecified atom stereocenters. The van der Waals surface area contributed by atoms with Gasteiger partial charge in [-0.25, -0.2) is 10.3 Å². The summed E-state index contributed by atoms with van der Waals surface area (Å²) in [4.78, 5) is 43.3. The Balaban J connectivity index is 1.54. The molecule has 7 nitrogen and oxygen atoms in total. The van der Waals surface area contributed by atoms with E-state index in [-0.39, 0.29) is 11.8 Å². The predicted molar refractivity (Wildman–Crippen MR) is 142 cm³/mol. The maximum absolute atomic E-state index is 13.8. The Morgan fingerprint density at radius 2 is 1.75 bits per heavy atom. The van der Waals surface area contributed by atoms with E-state index in [4.69, 9.17) is 4.74 Å². The number of hydrazine groups is 1. The third-order valence-electron chi connectivity index (χ3n) is 6.41.